The maximum absolute atomic E-state index is 13.6. The van der Waals surface area contributed by atoms with Crippen LogP contribution in [0.5, 0.6) is 0 Å². The third-order valence-corrected chi connectivity index (χ3v) is 3.65. The van der Waals surface area contributed by atoms with Crippen molar-refractivity contribution in [3.63, 3.8) is 0 Å². The molecule has 0 aliphatic carbocycles. The molecular formula is C16H15F2NO. The number of hydrogen-bond acceptors (Lipinski definition) is 2. The van der Waals surface area contributed by atoms with E-state index < -0.39 is 11.6 Å². The number of benzene rings is 2. The van der Waals surface area contributed by atoms with Crippen molar-refractivity contribution in [3.05, 3.63) is 70.3 Å². The van der Waals surface area contributed by atoms with Gasteiger partial charge in [-0.05, 0) is 34.7 Å². The molecule has 0 aromatic heterocycles. The topological polar surface area (TPSA) is 35.2 Å². The van der Waals surface area contributed by atoms with Crippen LogP contribution in [-0.2, 0) is 24.4 Å². The van der Waals surface area contributed by atoms with Crippen LogP contribution < -0.4 is 5.73 Å². The first-order valence-electron chi connectivity index (χ1n) is 6.53. The van der Waals surface area contributed by atoms with Crippen LogP contribution in [0.4, 0.5) is 8.78 Å². The average molecular weight is 275 g/mol. The minimum absolute atomic E-state index is 0.267. The predicted octanol–water partition coefficient (Wildman–Crippen LogP) is 3.24. The number of fused-ring (bicyclic) bond motifs is 1. The van der Waals surface area contributed by atoms with Crippen LogP contribution in [0.1, 0.15) is 28.3 Å². The summed E-state index contributed by atoms with van der Waals surface area (Å²) in [5, 5.41) is 0. The van der Waals surface area contributed by atoms with Gasteiger partial charge in [0.1, 0.15) is 0 Å². The molecule has 2 aromatic carbocycles. The Morgan fingerprint density at radius 3 is 2.75 bits per heavy atom. The summed E-state index contributed by atoms with van der Waals surface area (Å²) in [4.78, 5) is 0. The Kier molecular flexibility index (Phi) is 3.51. The molecule has 0 spiro atoms. The summed E-state index contributed by atoms with van der Waals surface area (Å²) in [6.07, 6.45) is 0.267. The Hall–Kier alpha value is -1.78. The lowest BCUT2D eigenvalue weighted by Gasteiger charge is -2.14. The van der Waals surface area contributed by atoms with Gasteiger partial charge in [-0.2, -0.15) is 0 Å². The molecule has 1 atom stereocenters. The van der Waals surface area contributed by atoms with E-state index in [9.17, 15) is 8.78 Å². The highest BCUT2D eigenvalue weighted by atomic mass is 19.2. The Morgan fingerprint density at radius 1 is 1.10 bits per heavy atom. The smallest absolute Gasteiger partial charge is 0.162 e. The zero-order chi connectivity index (χ0) is 14.1. The van der Waals surface area contributed by atoms with Crippen LogP contribution in [0.15, 0.2) is 36.4 Å². The molecule has 0 amide bonds. The minimum Gasteiger partial charge on any atom is -0.372 e. The molecule has 1 aliphatic rings. The van der Waals surface area contributed by atoms with E-state index in [1.165, 1.54) is 6.07 Å². The van der Waals surface area contributed by atoms with Crippen molar-refractivity contribution >= 4 is 0 Å². The molecule has 0 saturated heterocycles. The van der Waals surface area contributed by atoms with E-state index in [1.807, 2.05) is 18.2 Å². The summed E-state index contributed by atoms with van der Waals surface area (Å²) in [6, 6.07) is 9.71. The minimum atomic E-state index is -0.836. The van der Waals surface area contributed by atoms with Gasteiger partial charge in [-0.1, -0.05) is 30.3 Å². The van der Waals surface area contributed by atoms with Crippen molar-refractivity contribution in [2.24, 2.45) is 5.73 Å². The fraction of sp³-hybridized carbons (Fsp3) is 0.250. The number of hydrogen-bond donors (Lipinski definition) is 1. The van der Waals surface area contributed by atoms with Gasteiger partial charge in [0.15, 0.2) is 11.6 Å². The van der Waals surface area contributed by atoms with Gasteiger partial charge in [0.25, 0.3) is 0 Å². The number of ether oxygens (including phenoxy) is 1. The van der Waals surface area contributed by atoms with E-state index in [0.29, 0.717) is 18.8 Å². The molecule has 20 heavy (non-hydrogen) atoms. The molecule has 0 saturated carbocycles. The zero-order valence-electron chi connectivity index (χ0n) is 10.9. The normalized spacial score (nSPS) is 15.2. The largest absolute Gasteiger partial charge is 0.372 e. The van der Waals surface area contributed by atoms with Crippen LogP contribution in [-0.4, -0.2) is 0 Å². The van der Waals surface area contributed by atoms with Gasteiger partial charge in [0.05, 0.1) is 13.2 Å². The molecule has 104 valence electrons. The molecule has 1 aliphatic heterocycles. The first-order valence-corrected chi connectivity index (χ1v) is 6.53. The van der Waals surface area contributed by atoms with Crippen molar-refractivity contribution in [1.29, 1.82) is 0 Å². The molecular weight excluding hydrogens is 260 g/mol. The van der Waals surface area contributed by atoms with E-state index in [4.69, 9.17) is 10.5 Å². The Balaban J connectivity index is 1.82. The molecule has 1 heterocycles. The highest BCUT2D eigenvalue weighted by Crippen LogP contribution is 2.25. The molecule has 0 fully saturated rings. The van der Waals surface area contributed by atoms with Crippen LogP contribution in [0, 0.1) is 11.6 Å². The SMILES string of the molecule is NC(Cc1cccc(F)c1F)c1ccc2c(c1)COC2. The van der Waals surface area contributed by atoms with E-state index in [2.05, 4.69) is 0 Å². The fourth-order valence-electron chi connectivity index (χ4n) is 2.48. The Morgan fingerprint density at radius 2 is 1.90 bits per heavy atom. The second-order valence-corrected chi connectivity index (χ2v) is 5.04. The van der Waals surface area contributed by atoms with Crippen molar-refractivity contribution in [2.75, 3.05) is 0 Å². The zero-order valence-corrected chi connectivity index (χ0v) is 10.9. The molecule has 0 radical (unpaired) electrons. The van der Waals surface area contributed by atoms with Gasteiger partial charge in [-0.15, -0.1) is 0 Å². The van der Waals surface area contributed by atoms with Gasteiger partial charge in [-0.3, -0.25) is 0 Å². The second kappa shape index (κ2) is 5.31. The summed E-state index contributed by atoms with van der Waals surface area (Å²) in [5.41, 5.74) is 9.61. The highest BCUT2D eigenvalue weighted by molar-refractivity contribution is 5.35. The van der Waals surface area contributed by atoms with Crippen molar-refractivity contribution in [1.82, 2.24) is 0 Å². The monoisotopic (exact) mass is 275 g/mol. The maximum atomic E-state index is 13.6. The van der Waals surface area contributed by atoms with Gasteiger partial charge in [0, 0.05) is 6.04 Å². The summed E-state index contributed by atoms with van der Waals surface area (Å²) in [7, 11) is 0. The first-order chi connectivity index (χ1) is 9.65. The molecule has 3 rings (SSSR count). The third kappa shape index (κ3) is 2.44. The standard InChI is InChI=1S/C16H15F2NO/c17-14-3-1-2-11(16(14)18)7-15(19)10-4-5-12-8-20-9-13(12)6-10/h1-6,15H,7-9,19H2. The third-order valence-electron chi connectivity index (χ3n) is 3.65. The molecule has 2 N–H and O–H groups in total. The lowest BCUT2D eigenvalue weighted by atomic mass is 9.96. The quantitative estimate of drug-likeness (QED) is 0.933. The molecule has 2 aromatic rings. The second-order valence-electron chi connectivity index (χ2n) is 5.04. The van der Waals surface area contributed by atoms with E-state index in [-0.39, 0.29) is 12.5 Å². The molecule has 2 nitrogen and oxygen atoms in total. The first kappa shape index (κ1) is 13.2. The predicted molar refractivity (Wildman–Crippen MR) is 71.9 cm³/mol. The van der Waals surface area contributed by atoms with E-state index in [0.717, 1.165) is 22.8 Å². The number of halogens is 2. The van der Waals surface area contributed by atoms with Crippen molar-refractivity contribution in [3.8, 4) is 0 Å². The molecule has 1 unspecified atom stereocenters. The molecule has 4 heteroatoms. The Bertz CT molecular complexity index is 642. The molecule has 0 bridgehead atoms. The van der Waals surface area contributed by atoms with Gasteiger partial charge >= 0.3 is 0 Å². The summed E-state index contributed by atoms with van der Waals surface area (Å²) in [5.74, 6) is -1.65. The number of rotatable bonds is 3. The lowest BCUT2D eigenvalue weighted by Crippen LogP contribution is -2.15. The Labute approximate surface area is 116 Å². The van der Waals surface area contributed by atoms with Gasteiger partial charge in [-0.25, -0.2) is 8.78 Å². The van der Waals surface area contributed by atoms with Gasteiger partial charge in [0.2, 0.25) is 0 Å². The maximum Gasteiger partial charge on any atom is 0.162 e. The van der Waals surface area contributed by atoms with Crippen molar-refractivity contribution < 1.29 is 13.5 Å². The van der Waals surface area contributed by atoms with Gasteiger partial charge < -0.3 is 10.5 Å². The van der Waals surface area contributed by atoms with Crippen LogP contribution in [0.3, 0.4) is 0 Å². The van der Waals surface area contributed by atoms with Crippen LogP contribution in [0.2, 0.25) is 0 Å². The average Bonchev–Trinajstić information content (AvgIpc) is 2.91. The lowest BCUT2D eigenvalue weighted by molar-refractivity contribution is 0.134. The number of nitrogens with two attached hydrogens (primary N) is 1. The van der Waals surface area contributed by atoms with Crippen LogP contribution in [0.25, 0.3) is 0 Å². The van der Waals surface area contributed by atoms with E-state index >= 15 is 0 Å². The van der Waals surface area contributed by atoms with Crippen LogP contribution >= 0.6 is 0 Å². The van der Waals surface area contributed by atoms with Crippen molar-refractivity contribution in [2.45, 2.75) is 25.7 Å². The highest BCUT2D eigenvalue weighted by Gasteiger charge is 2.16. The fourth-order valence-corrected chi connectivity index (χ4v) is 2.48. The summed E-state index contributed by atoms with van der Waals surface area (Å²) in [6.45, 7) is 1.22. The summed E-state index contributed by atoms with van der Waals surface area (Å²) < 4.78 is 32.2. The summed E-state index contributed by atoms with van der Waals surface area (Å²) >= 11 is 0. The van der Waals surface area contributed by atoms with E-state index in [1.54, 1.807) is 6.07 Å².